The van der Waals surface area contributed by atoms with Gasteiger partial charge in [-0.3, -0.25) is 4.90 Å². The van der Waals surface area contributed by atoms with E-state index >= 15 is 0 Å². The molecule has 0 bridgehead atoms. The average Bonchev–Trinajstić information content (AvgIpc) is 3.03. The number of hydrogen-bond acceptors (Lipinski definition) is 8. The van der Waals surface area contributed by atoms with E-state index in [0.29, 0.717) is 12.0 Å². The lowest BCUT2D eigenvalue weighted by atomic mass is 10.0. The number of nitrogens with zero attached hydrogens (tertiary/aromatic N) is 5. The lowest BCUT2D eigenvalue weighted by Crippen LogP contribution is -2.52. The fourth-order valence-electron chi connectivity index (χ4n) is 5.80. The number of para-hydroxylation sites is 1. The summed E-state index contributed by atoms with van der Waals surface area (Å²) in [4.78, 5) is 17.1. The number of anilines is 5. The number of nitrogens with one attached hydrogen (secondary N) is 2. The third kappa shape index (κ3) is 6.45. The molecule has 0 amide bonds. The Balaban J connectivity index is 1.18. The average molecular weight is 550 g/mol. The number of piperazine rings is 1. The van der Waals surface area contributed by atoms with Crippen molar-refractivity contribution in [2.75, 3.05) is 69.0 Å². The molecule has 2 aliphatic heterocycles. The number of benzene rings is 3. The number of likely N-dealkylation sites (N-methyl/N-ethyl adjacent to an activating group) is 1. The van der Waals surface area contributed by atoms with Gasteiger partial charge in [0.2, 0.25) is 5.95 Å². The molecule has 2 N–H and O–H groups in total. The van der Waals surface area contributed by atoms with Crippen LogP contribution in [0, 0.1) is 0 Å². The molecule has 1 aromatic heterocycles. The highest BCUT2D eigenvalue weighted by Crippen LogP contribution is 2.34. The first-order valence-electron chi connectivity index (χ1n) is 14.5. The van der Waals surface area contributed by atoms with Crippen molar-refractivity contribution in [2.45, 2.75) is 18.9 Å². The van der Waals surface area contributed by atoms with Gasteiger partial charge in [0, 0.05) is 74.5 Å². The van der Waals surface area contributed by atoms with Crippen molar-refractivity contribution in [1.29, 1.82) is 0 Å². The monoisotopic (exact) mass is 549 g/mol. The zero-order chi connectivity index (χ0) is 28.0. The summed E-state index contributed by atoms with van der Waals surface area (Å²) in [7, 11) is 3.93. The second-order valence-electron chi connectivity index (χ2n) is 10.9. The summed E-state index contributed by atoms with van der Waals surface area (Å²) in [6, 6.07) is 27.3. The minimum atomic E-state index is 0.502. The minimum Gasteiger partial charge on any atom is -0.494 e. The molecule has 212 valence electrons. The molecule has 0 spiro atoms. The van der Waals surface area contributed by atoms with E-state index in [4.69, 9.17) is 9.72 Å². The van der Waals surface area contributed by atoms with Gasteiger partial charge in [-0.1, -0.05) is 48.5 Å². The van der Waals surface area contributed by atoms with Gasteiger partial charge in [-0.25, -0.2) is 4.98 Å². The third-order valence-electron chi connectivity index (χ3n) is 8.23. The summed E-state index contributed by atoms with van der Waals surface area (Å²) in [5.74, 6) is 2.01. The zero-order valence-electron chi connectivity index (χ0n) is 24.0. The van der Waals surface area contributed by atoms with Crippen LogP contribution in [-0.4, -0.2) is 79.2 Å². The molecule has 2 aliphatic rings. The summed E-state index contributed by atoms with van der Waals surface area (Å²) >= 11 is 0. The smallest absolute Gasteiger partial charge is 0.229 e. The molecule has 2 saturated heterocycles. The van der Waals surface area contributed by atoms with E-state index in [9.17, 15) is 0 Å². The van der Waals surface area contributed by atoms with Crippen molar-refractivity contribution < 1.29 is 4.74 Å². The van der Waals surface area contributed by atoms with E-state index in [2.05, 4.69) is 67.7 Å². The van der Waals surface area contributed by atoms with Crippen molar-refractivity contribution in [2.24, 2.45) is 0 Å². The van der Waals surface area contributed by atoms with Crippen LogP contribution >= 0.6 is 0 Å². The molecule has 4 aromatic rings. The van der Waals surface area contributed by atoms with Gasteiger partial charge in [0.1, 0.15) is 11.6 Å². The number of methoxy groups -OCH3 is 1. The van der Waals surface area contributed by atoms with Crippen molar-refractivity contribution in [3.05, 3.63) is 85.1 Å². The largest absolute Gasteiger partial charge is 0.494 e. The first kappa shape index (κ1) is 27.1. The van der Waals surface area contributed by atoms with Crippen molar-refractivity contribution in [3.8, 4) is 16.9 Å². The van der Waals surface area contributed by atoms with E-state index in [1.165, 1.54) is 44.7 Å². The Kier molecular flexibility index (Phi) is 8.30. The Labute approximate surface area is 243 Å². The van der Waals surface area contributed by atoms with Gasteiger partial charge in [0.25, 0.3) is 0 Å². The van der Waals surface area contributed by atoms with Gasteiger partial charge in [-0.05, 0) is 49.7 Å². The van der Waals surface area contributed by atoms with Crippen LogP contribution < -0.4 is 20.3 Å². The molecule has 0 atom stereocenters. The predicted molar refractivity (Wildman–Crippen MR) is 168 cm³/mol. The lowest BCUT2D eigenvalue weighted by molar-refractivity contribution is 0.0982. The van der Waals surface area contributed by atoms with E-state index in [1.807, 2.05) is 54.7 Å². The highest BCUT2D eigenvalue weighted by molar-refractivity contribution is 5.79. The van der Waals surface area contributed by atoms with Gasteiger partial charge in [-0.2, -0.15) is 4.98 Å². The maximum Gasteiger partial charge on any atom is 0.229 e. The number of piperidine rings is 1. The van der Waals surface area contributed by atoms with Crippen LogP contribution in [0.15, 0.2) is 85.1 Å². The van der Waals surface area contributed by atoms with Crippen molar-refractivity contribution in [1.82, 2.24) is 19.8 Å². The van der Waals surface area contributed by atoms with E-state index in [-0.39, 0.29) is 0 Å². The first-order valence-corrected chi connectivity index (χ1v) is 14.5. The molecule has 2 fully saturated rings. The zero-order valence-corrected chi connectivity index (χ0v) is 24.0. The van der Waals surface area contributed by atoms with Crippen LogP contribution in [0.5, 0.6) is 5.75 Å². The van der Waals surface area contributed by atoms with Crippen LogP contribution in [0.4, 0.5) is 28.8 Å². The molecule has 8 nitrogen and oxygen atoms in total. The molecule has 0 unspecified atom stereocenters. The van der Waals surface area contributed by atoms with Crippen molar-refractivity contribution in [3.63, 3.8) is 0 Å². The van der Waals surface area contributed by atoms with Gasteiger partial charge in [0.05, 0.1) is 12.8 Å². The maximum atomic E-state index is 5.82. The highest BCUT2D eigenvalue weighted by Gasteiger charge is 2.27. The second-order valence-corrected chi connectivity index (χ2v) is 10.9. The Morgan fingerprint density at radius 3 is 2.22 bits per heavy atom. The molecule has 3 aromatic carbocycles. The molecule has 0 radical (unpaired) electrons. The van der Waals surface area contributed by atoms with Gasteiger partial charge < -0.3 is 25.2 Å². The summed E-state index contributed by atoms with van der Waals surface area (Å²) in [6.07, 6.45) is 4.26. The van der Waals surface area contributed by atoms with Crippen molar-refractivity contribution >= 4 is 28.8 Å². The molecular formula is C33H39N7O. The summed E-state index contributed by atoms with van der Waals surface area (Å²) < 4.78 is 5.82. The topological polar surface area (TPSA) is 68.8 Å². The Bertz CT molecular complexity index is 1420. The molecule has 3 heterocycles. The van der Waals surface area contributed by atoms with Crippen LogP contribution in [-0.2, 0) is 0 Å². The summed E-state index contributed by atoms with van der Waals surface area (Å²) in [6.45, 7) is 6.85. The number of rotatable bonds is 8. The van der Waals surface area contributed by atoms with Crippen LogP contribution in [0.2, 0.25) is 0 Å². The quantitative estimate of drug-likeness (QED) is 0.284. The number of aromatic nitrogens is 2. The molecule has 8 heteroatoms. The fraction of sp³-hybridized carbons (Fsp3) is 0.333. The van der Waals surface area contributed by atoms with Gasteiger partial charge >= 0.3 is 0 Å². The predicted octanol–water partition coefficient (Wildman–Crippen LogP) is 5.86. The highest BCUT2D eigenvalue weighted by atomic mass is 16.5. The summed E-state index contributed by atoms with van der Waals surface area (Å²) in [5, 5.41) is 6.87. The Hall–Kier alpha value is -4.14. The Morgan fingerprint density at radius 1 is 0.805 bits per heavy atom. The normalized spacial score (nSPS) is 16.9. The molecular weight excluding hydrogens is 510 g/mol. The molecule has 6 rings (SSSR count). The third-order valence-corrected chi connectivity index (χ3v) is 8.23. The first-order chi connectivity index (χ1) is 20.2. The van der Waals surface area contributed by atoms with Gasteiger partial charge in [-0.15, -0.1) is 0 Å². The molecule has 0 saturated carbocycles. The van der Waals surface area contributed by atoms with Crippen LogP contribution in [0.25, 0.3) is 11.1 Å². The minimum absolute atomic E-state index is 0.502. The Morgan fingerprint density at radius 2 is 1.51 bits per heavy atom. The molecule has 41 heavy (non-hydrogen) atoms. The fourth-order valence-corrected chi connectivity index (χ4v) is 5.80. The SMILES string of the molecule is COc1cc(N2CCC(N3CCN(C)CC3)CC2)ccc1Nc1ncc(-c2ccccc2)c(Nc2ccccc2)n1. The van der Waals surface area contributed by atoms with E-state index in [0.717, 1.165) is 47.2 Å². The summed E-state index contributed by atoms with van der Waals surface area (Å²) in [5.41, 5.74) is 4.98. The lowest BCUT2D eigenvalue weighted by Gasteiger charge is -2.42. The number of hydrogen-bond donors (Lipinski definition) is 2. The van der Waals surface area contributed by atoms with Crippen LogP contribution in [0.3, 0.4) is 0 Å². The van der Waals surface area contributed by atoms with E-state index < -0.39 is 0 Å². The molecule has 0 aliphatic carbocycles. The number of ether oxygens (including phenoxy) is 1. The maximum absolute atomic E-state index is 5.82. The second kappa shape index (κ2) is 12.6. The standard InChI is InChI=1S/C33H39N7O/c1-38-19-21-40(22-20-38)27-15-17-39(18-16-27)28-13-14-30(31(23-28)41-2)36-33-34-24-29(25-9-5-3-6-10-25)32(37-33)35-26-11-7-4-8-12-26/h3-14,23-24,27H,15-22H2,1-2H3,(H2,34,35,36,37). The van der Waals surface area contributed by atoms with Gasteiger partial charge in [0.15, 0.2) is 0 Å². The van der Waals surface area contributed by atoms with Crippen LogP contribution in [0.1, 0.15) is 12.8 Å². The van der Waals surface area contributed by atoms with E-state index in [1.54, 1.807) is 7.11 Å².